The van der Waals surface area contributed by atoms with Gasteiger partial charge in [-0.2, -0.15) is 0 Å². The number of pyridine rings is 1. The van der Waals surface area contributed by atoms with Gasteiger partial charge >= 0.3 is 0 Å². The molecule has 3 nitrogen and oxygen atoms in total. The monoisotopic (exact) mass is 178 g/mol. The Morgan fingerprint density at radius 2 is 2.38 bits per heavy atom. The number of nitrogen functional groups attached to an aromatic ring is 1. The topological polar surface area (TPSA) is 48.1 Å². The zero-order chi connectivity index (χ0) is 9.68. The second kappa shape index (κ2) is 4.50. The van der Waals surface area contributed by atoms with Crippen LogP contribution in [0.5, 0.6) is 5.75 Å². The molecule has 0 amide bonds. The number of nitrogens with zero attached hydrogens (tertiary/aromatic N) is 1. The molecule has 0 saturated carbocycles. The van der Waals surface area contributed by atoms with Crippen molar-refractivity contribution in [3.8, 4) is 5.75 Å². The van der Waals surface area contributed by atoms with Crippen LogP contribution >= 0.6 is 0 Å². The normalized spacial score (nSPS) is 9.62. The highest BCUT2D eigenvalue weighted by atomic mass is 16.5. The van der Waals surface area contributed by atoms with Gasteiger partial charge in [-0.15, -0.1) is 6.58 Å². The molecule has 0 radical (unpaired) electrons. The van der Waals surface area contributed by atoms with E-state index in [1.807, 2.05) is 6.92 Å². The number of hydrogen-bond acceptors (Lipinski definition) is 3. The van der Waals surface area contributed by atoms with Crippen molar-refractivity contribution in [2.24, 2.45) is 0 Å². The Morgan fingerprint density at radius 3 is 3.00 bits per heavy atom. The number of ether oxygens (including phenoxy) is 1. The molecule has 0 aliphatic rings. The minimum absolute atomic E-state index is 0.618. The lowest BCUT2D eigenvalue weighted by molar-refractivity contribution is 0.320. The molecule has 0 saturated heterocycles. The second-order valence-electron chi connectivity index (χ2n) is 3.01. The van der Waals surface area contributed by atoms with Crippen molar-refractivity contribution < 1.29 is 4.74 Å². The summed E-state index contributed by atoms with van der Waals surface area (Å²) in [5.74, 6) is 0.709. The first-order valence-corrected chi connectivity index (χ1v) is 4.16. The summed E-state index contributed by atoms with van der Waals surface area (Å²) >= 11 is 0. The van der Waals surface area contributed by atoms with Crippen molar-refractivity contribution in [2.45, 2.75) is 13.3 Å². The van der Waals surface area contributed by atoms with E-state index in [1.54, 1.807) is 18.5 Å². The lowest BCUT2D eigenvalue weighted by atomic mass is 10.3. The second-order valence-corrected chi connectivity index (χ2v) is 3.01. The van der Waals surface area contributed by atoms with E-state index in [-0.39, 0.29) is 0 Å². The molecular formula is C10H14N2O. The molecule has 1 heterocycles. The molecule has 0 unspecified atom stereocenters. The summed E-state index contributed by atoms with van der Waals surface area (Å²) in [5, 5.41) is 0. The summed E-state index contributed by atoms with van der Waals surface area (Å²) in [4.78, 5) is 3.91. The Morgan fingerprint density at radius 1 is 1.62 bits per heavy atom. The summed E-state index contributed by atoms with van der Waals surface area (Å²) in [6, 6.07) is 1.76. The molecule has 0 spiro atoms. The summed E-state index contributed by atoms with van der Waals surface area (Å²) < 4.78 is 5.39. The standard InChI is InChI=1S/C10H14N2O/c1-8(2)3-4-13-10-5-9(11)6-12-7-10/h5-7H,1,3-4,11H2,2H3. The molecule has 1 aromatic heterocycles. The van der Waals surface area contributed by atoms with E-state index in [2.05, 4.69) is 11.6 Å². The average molecular weight is 178 g/mol. The fourth-order valence-electron chi connectivity index (χ4n) is 0.858. The third-order valence-electron chi connectivity index (χ3n) is 1.53. The molecule has 0 atom stereocenters. The Balaban J connectivity index is 2.41. The molecule has 3 heteroatoms. The zero-order valence-corrected chi connectivity index (χ0v) is 7.79. The van der Waals surface area contributed by atoms with Gasteiger partial charge < -0.3 is 10.5 Å². The van der Waals surface area contributed by atoms with Gasteiger partial charge in [0.25, 0.3) is 0 Å². The lowest BCUT2D eigenvalue weighted by Gasteiger charge is -2.05. The van der Waals surface area contributed by atoms with Crippen LogP contribution in [0.3, 0.4) is 0 Å². The highest BCUT2D eigenvalue weighted by Crippen LogP contribution is 2.12. The van der Waals surface area contributed by atoms with Crippen LogP contribution in [0.1, 0.15) is 13.3 Å². The van der Waals surface area contributed by atoms with Crippen LogP contribution in [-0.2, 0) is 0 Å². The molecule has 1 aromatic rings. The van der Waals surface area contributed by atoms with Crippen LogP contribution in [0.4, 0.5) is 5.69 Å². The van der Waals surface area contributed by atoms with Crippen LogP contribution in [0.25, 0.3) is 0 Å². The van der Waals surface area contributed by atoms with Crippen LogP contribution in [0.15, 0.2) is 30.6 Å². The van der Waals surface area contributed by atoms with E-state index in [0.29, 0.717) is 18.0 Å². The number of nitrogens with two attached hydrogens (primary N) is 1. The van der Waals surface area contributed by atoms with E-state index in [9.17, 15) is 0 Å². The van der Waals surface area contributed by atoms with Crippen molar-refractivity contribution in [3.63, 3.8) is 0 Å². The van der Waals surface area contributed by atoms with Crippen molar-refractivity contribution in [1.82, 2.24) is 4.98 Å². The van der Waals surface area contributed by atoms with Crippen molar-refractivity contribution >= 4 is 5.69 Å². The van der Waals surface area contributed by atoms with E-state index in [1.165, 1.54) is 0 Å². The average Bonchev–Trinajstić information content (AvgIpc) is 2.03. The van der Waals surface area contributed by atoms with E-state index < -0.39 is 0 Å². The first kappa shape index (κ1) is 9.58. The maximum Gasteiger partial charge on any atom is 0.139 e. The smallest absolute Gasteiger partial charge is 0.139 e. The van der Waals surface area contributed by atoms with Gasteiger partial charge in [0.1, 0.15) is 5.75 Å². The van der Waals surface area contributed by atoms with Crippen LogP contribution < -0.4 is 10.5 Å². The van der Waals surface area contributed by atoms with Gasteiger partial charge in [-0.05, 0) is 6.92 Å². The molecule has 13 heavy (non-hydrogen) atoms. The summed E-state index contributed by atoms with van der Waals surface area (Å²) in [6.45, 7) is 6.38. The van der Waals surface area contributed by atoms with Crippen LogP contribution in [-0.4, -0.2) is 11.6 Å². The third kappa shape index (κ3) is 3.60. The lowest BCUT2D eigenvalue weighted by Crippen LogP contribution is -1.98. The molecule has 0 aliphatic carbocycles. The van der Waals surface area contributed by atoms with Crippen LogP contribution in [0.2, 0.25) is 0 Å². The fraction of sp³-hybridized carbons (Fsp3) is 0.300. The van der Waals surface area contributed by atoms with Gasteiger partial charge in [-0.25, -0.2) is 0 Å². The number of hydrogen-bond donors (Lipinski definition) is 1. The maximum absolute atomic E-state index is 5.53. The molecule has 70 valence electrons. The van der Waals surface area contributed by atoms with Gasteiger partial charge in [0, 0.05) is 12.5 Å². The molecule has 0 aromatic carbocycles. The third-order valence-corrected chi connectivity index (χ3v) is 1.53. The number of anilines is 1. The predicted molar refractivity (Wildman–Crippen MR) is 53.6 cm³/mol. The molecule has 0 bridgehead atoms. The predicted octanol–water partition coefficient (Wildman–Crippen LogP) is 2.01. The van der Waals surface area contributed by atoms with Crippen molar-refractivity contribution in [2.75, 3.05) is 12.3 Å². The van der Waals surface area contributed by atoms with E-state index in [0.717, 1.165) is 12.0 Å². The number of rotatable bonds is 4. The Labute approximate surface area is 78.2 Å². The largest absolute Gasteiger partial charge is 0.492 e. The minimum Gasteiger partial charge on any atom is -0.492 e. The summed E-state index contributed by atoms with van der Waals surface area (Å²) in [6.07, 6.45) is 4.09. The SMILES string of the molecule is C=C(C)CCOc1cncc(N)c1. The van der Waals surface area contributed by atoms with E-state index >= 15 is 0 Å². The van der Waals surface area contributed by atoms with Gasteiger partial charge in [0.15, 0.2) is 0 Å². The van der Waals surface area contributed by atoms with Crippen molar-refractivity contribution in [1.29, 1.82) is 0 Å². The quantitative estimate of drug-likeness (QED) is 0.717. The molecule has 2 N–H and O–H groups in total. The summed E-state index contributed by atoms with van der Waals surface area (Å²) in [7, 11) is 0. The molecule has 0 aliphatic heterocycles. The van der Waals surface area contributed by atoms with E-state index in [4.69, 9.17) is 10.5 Å². The zero-order valence-electron chi connectivity index (χ0n) is 7.79. The summed E-state index contributed by atoms with van der Waals surface area (Å²) in [5.41, 5.74) is 7.26. The highest BCUT2D eigenvalue weighted by Gasteiger charge is 1.94. The number of aromatic nitrogens is 1. The Kier molecular flexibility index (Phi) is 3.31. The fourth-order valence-corrected chi connectivity index (χ4v) is 0.858. The van der Waals surface area contributed by atoms with Crippen LogP contribution in [0, 0.1) is 0 Å². The van der Waals surface area contributed by atoms with Gasteiger partial charge in [-0.1, -0.05) is 5.57 Å². The first-order chi connectivity index (χ1) is 6.18. The van der Waals surface area contributed by atoms with Crippen molar-refractivity contribution in [3.05, 3.63) is 30.6 Å². The Bertz CT molecular complexity index is 297. The maximum atomic E-state index is 5.53. The minimum atomic E-state index is 0.618. The van der Waals surface area contributed by atoms with Gasteiger partial charge in [0.2, 0.25) is 0 Å². The Hall–Kier alpha value is -1.51. The van der Waals surface area contributed by atoms with Gasteiger partial charge in [-0.3, -0.25) is 4.98 Å². The first-order valence-electron chi connectivity index (χ1n) is 4.16. The highest BCUT2D eigenvalue weighted by molar-refractivity contribution is 5.39. The molecule has 1 rings (SSSR count). The molecule has 0 fully saturated rings. The van der Waals surface area contributed by atoms with Gasteiger partial charge in [0.05, 0.1) is 24.7 Å². The molecular weight excluding hydrogens is 164 g/mol.